The molecule has 0 atom stereocenters. The molecule has 1 aromatic carbocycles. The molecule has 180 valence electrons. The first-order chi connectivity index (χ1) is 16.9. The summed E-state index contributed by atoms with van der Waals surface area (Å²) in [6.45, 7) is 3.97. The molecule has 0 radical (unpaired) electrons. The van der Waals surface area contributed by atoms with Gasteiger partial charge in [-0.2, -0.15) is 10.0 Å². The highest BCUT2D eigenvalue weighted by Gasteiger charge is 2.37. The number of carbonyl (C=O) groups is 1. The Kier molecular flexibility index (Phi) is 6.12. The lowest BCUT2D eigenvalue weighted by Gasteiger charge is -2.26. The van der Waals surface area contributed by atoms with Crippen LogP contribution in [0.15, 0.2) is 50.4 Å². The Bertz CT molecular complexity index is 1310. The van der Waals surface area contributed by atoms with Gasteiger partial charge in [-0.05, 0) is 68.3 Å². The van der Waals surface area contributed by atoms with Gasteiger partial charge in [0.2, 0.25) is 5.17 Å². The van der Waals surface area contributed by atoms with Crippen LogP contribution in [0, 0.1) is 15.5 Å². The maximum absolute atomic E-state index is 12.7. The third-order valence-electron chi connectivity index (χ3n) is 5.73. The third kappa shape index (κ3) is 4.44. The Hall–Kier alpha value is -3.93. The van der Waals surface area contributed by atoms with Gasteiger partial charge in [0.05, 0.1) is 28.7 Å². The Balaban J connectivity index is 1.41. The number of nitrogens with one attached hydrogen (secondary N) is 1. The largest absolute Gasteiger partial charge is 0.494 e. The van der Waals surface area contributed by atoms with Crippen LogP contribution in [0.1, 0.15) is 31.9 Å². The van der Waals surface area contributed by atoms with Gasteiger partial charge >= 0.3 is 0 Å². The summed E-state index contributed by atoms with van der Waals surface area (Å²) >= 11 is 1.29. The quantitative estimate of drug-likeness (QED) is 0.369. The number of carbonyl (C=O) groups excluding carboxylic acids is 1. The average molecular weight is 495 g/mol. The van der Waals surface area contributed by atoms with Crippen molar-refractivity contribution < 1.29 is 18.9 Å². The van der Waals surface area contributed by atoms with Crippen LogP contribution in [0.5, 0.6) is 5.75 Å². The van der Waals surface area contributed by atoms with Crippen molar-refractivity contribution >= 4 is 45.6 Å². The van der Waals surface area contributed by atoms with Crippen molar-refractivity contribution in [2.75, 3.05) is 19.7 Å². The molecule has 1 amide bonds. The number of nitro benzene ring substituents is 1. The summed E-state index contributed by atoms with van der Waals surface area (Å²) in [5, 5.41) is 27.1. The van der Waals surface area contributed by atoms with Crippen molar-refractivity contribution in [2.24, 2.45) is 10.1 Å². The molecule has 1 saturated heterocycles. The van der Waals surface area contributed by atoms with Gasteiger partial charge in [0.1, 0.15) is 17.3 Å². The molecule has 1 fully saturated rings. The van der Waals surface area contributed by atoms with E-state index in [0.717, 1.165) is 31.1 Å². The van der Waals surface area contributed by atoms with E-state index in [0.29, 0.717) is 17.5 Å². The number of hydrogen-bond donors (Lipinski definition) is 1. The molecule has 1 N–H and O–H groups in total. The normalized spacial score (nSPS) is 19.1. The van der Waals surface area contributed by atoms with E-state index in [2.05, 4.69) is 15.0 Å². The first-order valence-corrected chi connectivity index (χ1v) is 12.0. The molecule has 4 heterocycles. The maximum atomic E-state index is 12.7. The molecule has 0 bridgehead atoms. The number of amidine groups is 3. The van der Waals surface area contributed by atoms with Crippen LogP contribution in [0.2, 0.25) is 0 Å². The van der Waals surface area contributed by atoms with Crippen LogP contribution in [0.3, 0.4) is 0 Å². The minimum Gasteiger partial charge on any atom is -0.494 e. The molecule has 11 nitrogen and oxygen atoms in total. The van der Waals surface area contributed by atoms with Gasteiger partial charge in [-0.3, -0.25) is 20.3 Å². The van der Waals surface area contributed by atoms with Crippen molar-refractivity contribution in [2.45, 2.75) is 26.2 Å². The van der Waals surface area contributed by atoms with E-state index < -0.39 is 10.8 Å². The molecule has 1 aromatic heterocycles. The number of hydrogen-bond acceptors (Lipinski definition) is 9. The Morgan fingerprint density at radius 3 is 2.77 bits per heavy atom. The maximum Gasteiger partial charge on any atom is 0.284 e. The summed E-state index contributed by atoms with van der Waals surface area (Å²) in [6, 6.07) is 7.70. The molecule has 0 spiro atoms. The SMILES string of the molecule is CCOc1ccc(-c2ccc(/C=C3/C(=N)N4N=C(N5CCCCC5)SC4=NC3=O)o2)c([N+](=O)[O-])c1. The number of benzene rings is 1. The molecule has 12 heteroatoms. The van der Waals surface area contributed by atoms with E-state index in [1.807, 2.05) is 0 Å². The van der Waals surface area contributed by atoms with E-state index in [-0.39, 0.29) is 34.2 Å². The second-order valence-electron chi connectivity index (χ2n) is 8.02. The van der Waals surface area contributed by atoms with E-state index in [9.17, 15) is 14.9 Å². The number of nitrogens with zero attached hydrogens (tertiary/aromatic N) is 5. The van der Waals surface area contributed by atoms with E-state index in [4.69, 9.17) is 14.6 Å². The zero-order valence-electron chi connectivity index (χ0n) is 18.9. The van der Waals surface area contributed by atoms with Crippen molar-refractivity contribution in [3.8, 4) is 17.1 Å². The van der Waals surface area contributed by atoms with Crippen molar-refractivity contribution in [3.05, 3.63) is 51.8 Å². The number of thioether (sulfide) groups is 1. The molecular formula is C23H22N6O5S. The third-order valence-corrected chi connectivity index (χ3v) is 6.70. The number of ether oxygens (including phenoxy) is 1. The predicted molar refractivity (Wildman–Crippen MR) is 132 cm³/mol. The topological polar surface area (TPSA) is 138 Å². The van der Waals surface area contributed by atoms with Crippen LogP contribution < -0.4 is 4.74 Å². The van der Waals surface area contributed by atoms with E-state index in [1.54, 1.807) is 31.2 Å². The number of furan rings is 1. The predicted octanol–water partition coefficient (Wildman–Crippen LogP) is 4.32. The fraction of sp³-hybridized carbons (Fsp3) is 0.304. The molecule has 0 aliphatic carbocycles. The second-order valence-corrected chi connectivity index (χ2v) is 8.96. The summed E-state index contributed by atoms with van der Waals surface area (Å²) < 4.78 is 11.2. The lowest BCUT2D eigenvalue weighted by atomic mass is 10.1. The molecule has 3 aliphatic rings. The number of hydrazone groups is 1. The smallest absolute Gasteiger partial charge is 0.284 e. The van der Waals surface area contributed by atoms with E-state index >= 15 is 0 Å². The number of piperidine rings is 1. The van der Waals surface area contributed by atoms with Gasteiger partial charge in [-0.1, -0.05) is 0 Å². The van der Waals surface area contributed by atoms with Crippen molar-refractivity contribution in [3.63, 3.8) is 0 Å². The molecule has 3 aliphatic heterocycles. The van der Waals surface area contributed by atoms with Gasteiger partial charge in [0.25, 0.3) is 11.6 Å². The van der Waals surface area contributed by atoms with Crippen LogP contribution in [0.4, 0.5) is 5.69 Å². The van der Waals surface area contributed by atoms with Crippen molar-refractivity contribution in [1.82, 2.24) is 9.91 Å². The monoisotopic (exact) mass is 494 g/mol. The molecule has 35 heavy (non-hydrogen) atoms. The van der Waals surface area contributed by atoms with Gasteiger partial charge in [0, 0.05) is 13.1 Å². The highest BCUT2D eigenvalue weighted by Crippen LogP contribution is 2.35. The van der Waals surface area contributed by atoms with Crippen LogP contribution in [0.25, 0.3) is 17.4 Å². The van der Waals surface area contributed by atoms with Gasteiger partial charge < -0.3 is 14.1 Å². The Morgan fingerprint density at radius 2 is 2.03 bits per heavy atom. The first-order valence-electron chi connectivity index (χ1n) is 11.2. The highest BCUT2D eigenvalue weighted by atomic mass is 32.2. The number of rotatable bonds is 5. The standard InChI is InChI=1S/C23H22N6O5S/c1-2-33-14-6-8-16(18(13-14)29(31)32)19-9-7-15(34-19)12-17-20(24)28-22(25-21(17)30)35-23(26-28)27-10-4-3-5-11-27/h6-9,12-13,24H,2-5,10-11H2,1H3/b17-12-,24-20?. The van der Waals surface area contributed by atoms with E-state index in [1.165, 1.54) is 35.3 Å². The first kappa shape index (κ1) is 22.8. The van der Waals surface area contributed by atoms with Crippen LogP contribution >= 0.6 is 11.8 Å². The van der Waals surface area contributed by atoms with Gasteiger partial charge in [-0.15, -0.1) is 5.10 Å². The molecule has 5 rings (SSSR count). The van der Waals surface area contributed by atoms with Gasteiger partial charge in [-0.25, -0.2) is 0 Å². The molecule has 0 saturated carbocycles. The molecule has 2 aromatic rings. The lowest BCUT2D eigenvalue weighted by Crippen LogP contribution is -2.35. The van der Waals surface area contributed by atoms with Crippen molar-refractivity contribution in [1.29, 1.82) is 5.41 Å². The second kappa shape index (κ2) is 9.37. The van der Waals surface area contributed by atoms with Crippen LogP contribution in [-0.4, -0.2) is 56.6 Å². The zero-order chi connectivity index (χ0) is 24.5. The summed E-state index contributed by atoms with van der Waals surface area (Å²) in [5.41, 5.74) is 0.147. The highest BCUT2D eigenvalue weighted by molar-refractivity contribution is 8.26. The number of aliphatic imine (C=N–C) groups is 1. The number of fused-ring (bicyclic) bond motifs is 1. The summed E-state index contributed by atoms with van der Waals surface area (Å²) in [4.78, 5) is 30.1. The number of likely N-dealkylation sites (tertiary alicyclic amines) is 1. The number of amides is 1. The van der Waals surface area contributed by atoms with Gasteiger partial charge in [0.15, 0.2) is 11.0 Å². The van der Waals surface area contributed by atoms with Crippen LogP contribution in [-0.2, 0) is 4.79 Å². The Morgan fingerprint density at radius 1 is 1.23 bits per heavy atom. The summed E-state index contributed by atoms with van der Waals surface area (Å²) in [5.74, 6) is 0.257. The molecular weight excluding hydrogens is 472 g/mol. The minimum atomic E-state index is -0.561. The minimum absolute atomic E-state index is 0.0279. The fourth-order valence-corrected chi connectivity index (χ4v) is 4.98. The number of nitro groups is 1. The summed E-state index contributed by atoms with van der Waals surface area (Å²) in [6.07, 6.45) is 4.76. The fourth-order valence-electron chi connectivity index (χ4n) is 4.04. The average Bonchev–Trinajstić information content (AvgIpc) is 3.50. The Labute approximate surface area is 204 Å². The zero-order valence-corrected chi connectivity index (χ0v) is 19.7. The lowest BCUT2D eigenvalue weighted by molar-refractivity contribution is -0.384. The summed E-state index contributed by atoms with van der Waals surface area (Å²) in [7, 11) is 0. The molecule has 0 unspecified atom stereocenters.